The van der Waals surface area contributed by atoms with E-state index in [0.29, 0.717) is 42.7 Å². The molecule has 9 nitrogen and oxygen atoms in total. The highest BCUT2D eigenvalue weighted by atomic mass is 16.1. The third kappa shape index (κ3) is 3.55. The maximum atomic E-state index is 12.7. The van der Waals surface area contributed by atoms with Crippen molar-refractivity contribution < 1.29 is 4.79 Å². The van der Waals surface area contributed by atoms with Gasteiger partial charge >= 0.3 is 0 Å². The van der Waals surface area contributed by atoms with Crippen molar-refractivity contribution in [2.75, 3.05) is 30.3 Å². The van der Waals surface area contributed by atoms with Crippen molar-refractivity contribution in [3.63, 3.8) is 0 Å². The minimum atomic E-state index is -0.266. The van der Waals surface area contributed by atoms with Crippen LogP contribution in [0.1, 0.15) is 13.8 Å². The van der Waals surface area contributed by atoms with E-state index < -0.39 is 0 Å². The van der Waals surface area contributed by atoms with Crippen LogP contribution in [-0.4, -0.2) is 44.5 Å². The Kier molecular flexibility index (Phi) is 5.55. The molecule has 0 atom stereocenters. The smallest absolute Gasteiger partial charge is 0.281 e. The number of fused-ring (bicyclic) bond motifs is 1. The van der Waals surface area contributed by atoms with Crippen LogP contribution < -0.4 is 21.9 Å². The van der Waals surface area contributed by atoms with E-state index >= 15 is 0 Å². The number of hydrogen-bond acceptors (Lipinski definition) is 7. The van der Waals surface area contributed by atoms with Gasteiger partial charge in [0.15, 0.2) is 11.2 Å². The molecule has 2 aromatic heterocycles. The largest absolute Gasteiger partial charge is 0.354 e. The molecule has 0 aromatic carbocycles. The van der Waals surface area contributed by atoms with E-state index in [9.17, 15) is 9.59 Å². The molecule has 128 valence electrons. The number of nitrogens with one attached hydrogen (secondary N) is 2. The number of Topliss-reactive ketones (excluding diaryl/α,β-unsaturated/α-hetero) is 1. The average molecular weight is 331 g/mol. The van der Waals surface area contributed by atoms with Gasteiger partial charge in [0.05, 0.1) is 13.1 Å². The van der Waals surface area contributed by atoms with Crippen LogP contribution >= 0.6 is 0 Å². The average Bonchev–Trinajstić information content (AvgIpc) is 2.90. The van der Waals surface area contributed by atoms with Gasteiger partial charge in [-0.25, -0.2) is 0 Å². The summed E-state index contributed by atoms with van der Waals surface area (Å²) in [6.45, 7) is 4.53. The van der Waals surface area contributed by atoms with E-state index in [4.69, 9.17) is 5.73 Å². The predicted molar refractivity (Wildman–Crippen MR) is 92.9 cm³/mol. The fourth-order valence-corrected chi connectivity index (χ4v) is 2.15. The van der Waals surface area contributed by atoms with E-state index in [1.165, 1.54) is 11.5 Å². The molecular weight excluding hydrogens is 310 g/mol. The minimum Gasteiger partial charge on any atom is -0.354 e. The number of carbonyl (C=O) groups is 1. The molecule has 0 saturated carbocycles. The van der Waals surface area contributed by atoms with Crippen molar-refractivity contribution >= 4 is 28.8 Å². The number of nitrogens with zero attached hydrogens (tertiary/aromatic N) is 4. The number of nitrogens with two attached hydrogens (primary N) is 1. The van der Waals surface area contributed by atoms with Crippen molar-refractivity contribution in [3.05, 3.63) is 10.4 Å². The normalized spacial score (nSPS) is 10.3. The second-order valence-corrected chi connectivity index (χ2v) is 5.19. The molecule has 0 spiro atoms. The molecule has 0 unspecified atom stereocenters. The molecule has 2 rings (SSSR count). The molecule has 0 saturated heterocycles. The Hall–Kier alpha value is -2.86. The maximum Gasteiger partial charge on any atom is 0.281 e. The number of aromatic nitrogens is 4. The van der Waals surface area contributed by atoms with Crippen LogP contribution in [0.2, 0.25) is 0 Å². The monoisotopic (exact) mass is 331 g/mol. The van der Waals surface area contributed by atoms with Crippen LogP contribution in [0.15, 0.2) is 4.79 Å². The zero-order valence-corrected chi connectivity index (χ0v) is 14.0. The summed E-state index contributed by atoms with van der Waals surface area (Å²) < 4.78 is 3.04. The van der Waals surface area contributed by atoms with Crippen LogP contribution in [0.5, 0.6) is 0 Å². The van der Waals surface area contributed by atoms with E-state index in [-0.39, 0.29) is 17.9 Å². The Labute approximate surface area is 139 Å². The molecule has 0 aliphatic heterocycles. The van der Waals surface area contributed by atoms with E-state index in [2.05, 4.69) is 32.4 Å². The minimum absolute atomic E-state index is 0.0570. The molecule has 0 amide bonds. The summed E-state index contributed by atoms with van der Waals surface area (Å²) in [7, 11) is 1.59. The quantitative estimate of drug-likeness (QED) is 0.586. The van der Waals surface area contributed by atoms with Gasteiger partial charge in [-0.15, -0.1) is 5.92 Å². The van der Waals surface area contributed by atoms with Crippen LogP contribution in [0.25, 0.3) is 11.2 Å². The predicted octanol–water partition coefficient (Wildman–Crippen LogP) is -0.475. The number of imidazole rings is 1. The molecule has 0 fully saturated rings. The van der Waals surface area contributed by atoms with Crippen LogP contribution in [-0.2, 0) is 18.4 Å². The van der Waals surface area contributed by atoms with Gasteiger partial charge in [0.2, 0.25) is 11.9 Å². The zero-order valence-electron chi connectivity index (χ0n) is 14.0. The molecule has 0 aliphatic carbocycles. The highest BCUT2D eigenvalue weighted by Gasteiger charge is 2.17. The third-order valence-corrected chi connectivity index (χ3v) is 3.32. The first kappa shape index (κ1) is 17.5. The molecule has 9 heteroatoms. The first-order valence-corrected chi connectivity index (χ1v) is 7.53. The summed E-state index contributed by atoms with van der Waals surface area (Å²) in [4.78, 5) is 32.6. The van der Waals surface area contributed by atoms with Gasteiger partial charge in [-0.1, -0.05) is 5.92 Å². The molecular formula is C15H21N7O2. The fourth-order valence-electron chi connectivity index (χ4n) is 2.15. The third-order valence-electron chi connectivity index (χ3n) is 3.32. The van der Waals surface area contributed by atoms with Crippen molar-refractivity contribution in [1.82, 2.24) is 19.1 Å². The maximum absolute atomic E-state index is 12.7. The van der Waals surface area contributed by atoms with Crippen molar-refractivity contribution in [1.29, 1.82) is 0 Å². The number of ketones is 1. The number of anilines is 2. The number of hydrogen-bond donors (Lipinski definition) is 3. The van der Waals surface area contributed by atoms with Gasteiger partial charge in [-0.2, -0.15) is 9.97 Å². The van der Waals surface area contributed by atoms with E-state index in [1.54, 1.807) is 18.5 Å². The van der Waals surface area contributed by atoms with Crippen molar-refractivity contribution in [2.45, 2.75) is 20.4 Å². The lowest BCUT2D eigenvalue weighted by molar-refractivity contribution is -0.115. The van der Waals surface area contributed by atoms with Crippen LogP contribution in [0.3, 0.4) is 0 Å². The van der Waals surface area contributed by atoms with Crippen LogP contribution in [0, 0.1) is 11.8 Å². The zero-order chi connectivity index (χ0) is 17.7. The molecule has 2 heterocycles. The van der Waals surface area contributed by atoms with Gasteiger partial charge in [0, 0.05) is 20.1 Å². The summed E-state index contributed by atoms with van der Waals surface area (Å²) in [6.07, 6.45) is 0. The topological polar surface area (TPSA) is 120 Å². The fraction of sp³-hybridized carbons (Fsp3) is 0.467. The second kappa shape index (κ2) is 7.61. The molecule has 24 heavy (non-hydrogen) atoms. The Morgan fingerprint density at radius 1 is 1.29 bits per heavy atom. The van der Waals surface area contributed by atoms with Gasteiger partial charge in [0.25, 0.3) is 5.56 Å². The molecule has 0 bridgehead atoms. The summed E-state index contributed by atoms with van der Waals surface area (Å²) in [5.41, 5.74) is 5.90. The van der Waals surface area contributed by atoms with Gasteiger partial charge in [0.1, 0.15) is 5.78 Å². The lowest BCUT2D eigenvalue weighted by Crippen LogP contribution is -2.25. The van der Waals surface area contributed by atoms with E-state index in [1.807, 2.05) is 0 Å². The Bertz CT molecular complexity index is 870. The Morgan fingerprint density at radius 3 is 2.62 bits per heavy atom. The summed E-state index contributed by atoms with van der Waals surface area (Å²) in [5.74, 6) is 6.45. The van der Waals surface area contributed by atoms with Crippen LogP contribution in [0.4, 0.5) is 11.9 Å². The molecule has 4 N–H and O–H groups in total. The first-order valence-electron chi connectivity index (χ1n) is 7.53. The van der Waals surface area contributed by atoms with Gasteiger partial charge < -0.3 is 16.4 Å². The van der Waals surface area contributed by atoms with Crippen molar-refractivity contribution in [2.24, 2.45) is 12.8 Å². The SMILES string of the molecule is CC#CCn1c(NCCN)nc2nc(NCC(C)=O)n(C)c(=O)c21. The summed E-state index contributed by atoms with van der Waals surface area (Å²) >= 11 is 0. The molecule has 0 radical (unpaired) electrons. The number of rotatable bonds is 7. The van der Waals surface area contributed by atoms with Gasteiger partial charge in [-0.05, 0) is 13.8 Å². The molecule has 0 aliphatic rings. The Morgan fingerprint density at radius 2 is 2.00 bits per heavy atom. The number of carbonyl (C=O) groups excluding carboxylic acids is 1. The second-order valence-electron chi connectivity index (χ2n) is 5.19. The summed E-state index contributed by atoms with van der Waals surface area (Å²) in [6, 6.07) is 0. The highest BCUT2D eigenvalue weighted by molar-refractivity contribution is 5.80. The highest BCUT2D eigenvalue weighted by Crippen LogP contribution is 2.16. The van der Waals surface area contributed by atoms with Gasteiger partial charge in [-0.3, -0.25) is 18.7 Å². The summed E-state index contributed by atoms with van der Waals surface area (Å²) in [5, 5.41) is 5.92. The standard InChI is InChI=1S/C15H21N7O2/c1-4-5-8-22-11-12(20-15(22)17-7-6-16)19-14(18-9-10(2)23)21(3)13(11)24/h6-9,16H2,1-3H3,(H,17,20)(H,18,19). The van der Waals surface area contributed by atoms with Crippen molar-refractivity contribution in [3.8, 4) is 11.8 Å². The Balaban J connectivity index is 2.59. The first-order chi connectivity index (χ1) is 11.5. The lowest BCUT2D eigenvalue weighted by Gasteiger charge is -2.09. The lowest BCUT2D eigenvalue weighted by atomic mass is 10.4. The van der Waals surface area contributed by atoms with E-state index in [0.717, 1.165) is 0 Å². The molecule has 2 aromatic rings.